The molecule has 7 heteroatoms. The average molecular weight is 441 g/mol. The SMILES string of the molecule is CCOC(=O)[C@H](Cc1ccccc1)N1C(=O)/C(=C/N(CC)c2ccccc2)SC1=S. The first-order valence-corrected chi connectivity index (χ1v) is 11.1. The number of para-hydroxylation sites is 1. The van der Waals surface area contributed by atoms with Gasteiger partial charge >= 0.3 is 5.97 Å². The Hall–Kier alpha value is -2.64. The van der Waals surface area contributed by atoms with Crippen molar-refractivity contribution < 1.29 is 14.3 Å². The number of thioether (sulfide) groups is 1. The molecule has 1 saturated heterocycles. The highest BCUT2D eigenvalue weighted by molar-refractivity contribution is 8.26. The number of carbonyl (C=O) groups excluding carboxylic acids is 2. The summed E-state index contributed by atoms with van der Waals surface area (Å²) < 4.78 is 5.63. The Morgan fingerprint density at radius 2 is 1.77 bits per heavy atom. The molecule has 5 nitrogen and oxygen atoms in total. The van der Waals surface area contributed by atoms with E-state index in [2.05, 4.69) is 0 Å². The van der Waals surface area contributed by atoms with Crippen LogP contribution in [0.2, 0.25) is 0 Å². The third kappa shape index (κ3) is 5.09. The lowest BCUT2D eigenvalue weighted by Gasteiger charge is -2.25. The van der Waals surface area contributed by atoms with Gasteiger partial charge in [0.05, 0.1) is 11.5 Å². The molecule has 2 aromatic carbocycles. The normalized spacial score (nSPS) is 16.1. The van der Waals surface area contributed by atoms with Gasteiger partial charge in [-0.1, -0.05) is 72.5 Å². The van der Waals surface area contributed by atoms with E-state index in [0.29, 0.717) is 22.2 Å². The predicted molar refractivity (Wildman–Crippen MR) is 125 cm³/mol. The summed E-state index contributed by atoms with van der Waals surface area (Å²) in [5.74, 6) is -0.720. The first-order chi connectivity index (χ1) is 14.5. The van der Waals surface area contributed by atoms with Gasteiger partial charge in [-0.3, -0.25) is 9.69 Å². The van der Waals surface area contributed by atoms with Gasteiger partial charge in [-0.25, -0.2) is 4.79 Å². The number of nitrogens with zero attached hydrogens (tertiary/aromatic N) is 2. The number of carbonyl (C=O) groups is 2. The summed E-state index contributed by atoms with van der Waals surface area (Å²) in [6.07, 6.45) is 2.15. The standard InChI is InChI=1S/C23H24N2O3S2/c1-3-24(18-13-9-6-10-14-18)16-20-21(26)25(23(29)30-20)19(22(27)28-4-2)15-17-11-7-5-8-12-17/h5-14,16,19H,3-4,15H2,1-2H3/b20-16-/t19-/m0/s1. The van der Waals surface area contributed by atoms with Crippen molar-refractivity contribution in [3.05, 3.63) is 77.3 Å². The van der Waals surface area contributed by atoms with Crippen molar-refractivity contribution in [3.63, 3.8) is 0 Å². The quantitative estimate of drug-likeness (QED) is 0.345. The van der Waals surface area contributed by atoms with Crippen LogP contribution < -0.4 is 4.90 Å². The van der Waals surface area contributed by atoms with Crippen LogP contribution in [-0.2, 0) is 20.7 Å². The summed E-state index contributed by atoms with van der Waals surface area (Å²) in [6, 6.07) is 18.6. The number of hydrogen-bond acceptors (Lipinski definition) is 6. The van der Waals surface area contributed by atoms with E-state index in [-0.39, 0.29) is 12.5 Å². The van der Waals surface area contributed by atoms with Gasteiger partial charge < -0.3 is 9.64 Å². The summed E-state index contributed by atoms with van der Waals surface area (Å²) in [6.45, 7) is 4.70. The van der Waals surface area contributed by atoms with Gasteiger partial charge in [0.2, 0.25) is 0 Å². The second-order valence-electron chi connectivity index (χ2n) is 6.62. The predicted octanol–water partition coefficient (Wildman–Crippen LogP) is 4.39. The monoisotopic (exact) mass is 440 g/mol. The molecule has 0 aliphatic carbocycles. The van der Waals surface area contributed by atoms with Gasteiger partial charge in [-0.2, -0.15) is 0 Å². The van der Waals surface area contributed by atoms with E-state index >= 15 is 0 Å². The van der Waals surface area contributed by atoms with Crippen LogP contribution in [0.15, 0.2) is 71.8 Å². The Morgan fingerprint density at radius 3 is 2.37 bits per heavy atom. The second-order valence-corrected chi connectivity index (χ2v) is 8.29. The number of rotatable bonds is 8. The van der Waals surface area contributed by atoms with Crippen LogP contribution in [0, 0.1) is 0 Å². The maximum atomic E-state index is 13.3. The zero-order valence-corrected chi connectivity index (χ0v) is 18.6. The Balaban J connectivity index is 1.88. The smallest absolute Gasteiger partial charge is 0.329 e. The van der Waals surface area contributed by atoms with Crippen LogP contribution >= 0.6 is 24.0 Å². The number of esters is 1. The minimum atomic E-state index is -0.794. The number of hydrogen-bond donors (Lipinski definition) is 0. The molecule has 1 aliphatic rings. The largest absolute Gasteiger partial charge is 0.464 e. The molecule has 2 aromatic rings. The second kappa shape index (κ2) is 10.4. The van der Waals surface area contributed by atoms with Crippen molar-refractivity contribution in [3.8, 4) is 0 Å². The molecule has 1 atom stereocenters. The Bertz CT molecular complexity index is 932. The van der Waals surface area contributed by atoms with E-state index < -0.39 is 12.0 Å². The summed E-state index contributed by atoms with van der Waals surface area (Å²) >= 11 is 6.71. The Labute approximate surface area is 186 Å². The fourth-order valence-electron chi connectivity index (χ4n) is 3.20. The third-order valence-corrected chi connectivity index (χ3v) is 5.99. The maximum absolute atomic E-state index is 13.3. The highest BCUT2D eigenvalue weighted by Gasteiger charge is 2.41. The van der Waals surface area contributed by atoms with Crippen LogP contribution in [0.4, 0.5) is 5.69 Å². The lowest BCUT2D eigenvalue weighted by atomic mass is 10.0. The highest BCUT2D eigenvalue weighted by Crippen LogP contribution is 2.34. The van der Waals surface area contributed by atoms with E-state index in [4.69, 9.17) is 17.0 Å². The molecular weight excluding hydrogens is 416 g/mol. The summed E-state index contributed by atoms with van der Waals surface area (Å²) in [4.78, 5) is 29.9. The van der Waals surface area contributed by atoms with Crippen molar-refractivity contribution >= 4 is 45.9 Å². The van der Waals surface area contributed by atoms with Crippen molar-refractivity contribution in [1.82, 2.24) is 4.90 Å². The number of amides is 1. The molecule has 1 heterocycles. The molecule has 0 radical (unpaired) electrons. The Morgan fingerprint density at radius 1 is 1.13 bits per heavy atom. The fourth-order valence-corrected chi connectivity index (χ4v) is 4.55. The van der Waals surface area contributed by atoms with Crippen molar-refractivity contribution in [1.29, 1.82) is 0 Å². The minimum absolute atomic E-state index is 0.242. The van der Waals surface area contributed by atoms with Gasteiger partial charge in [0.15, 0.2) is 0 Å². The van der Waals surface area contributed by atoms with Gasteiger partial charge in [-0.05, 0) is 31.5 Å². The molecule has 0 saturated carbocycles. The summed E-state index contributed by atoms with van der Waals surface area (Å²) in [7, 11) is 0. The number of thiocarbonyl (C=S) groups is 1. The lowest BCUT2D eigenvalue weighted by molar-refractivity contribution is -0.150. The van der Waals surface area contributed by atoms with Crippen LogP contribution in [0.1, 0.15) is 19.4 Å². The van der Waals surface area contributed by atoms with Crippen LogP contribution in [0.5, 0.6) is 0 Å². The van der Waals surface area contributed by atoms with E-state index in [1.54, 1.807) is 13.1 Å². The zero-order chi connectivity index (χ0) is 21.5. The lowest BCUT2D eigenvalue weighted by Crippen LogP contribution is -2.46. The van der Waals surface area contributed by atoms with E-state index in [1.165, 1.54) is 16.7 Å². The number of benzene rings is 2. The average Bonchev–Trinajstić information content (AvgIpc) is 3.04. The number of anilines is 1. The molecule has 0 N–H and O–H groups in total. The van der Waals surface area contributed by atoms with Crippen molar-refractivity contribution in [2.75, 3.05) is 18.1 Å². The number of ether oxygens (including phenoxy) is 1. The molecule has 0 aromatic heterocycles. The van der Waals surface area contributed by atoms with Gasteiger partial charge in [0, 0.05) is 24.9 Å². The van der Waals surface area contributed by atoms with E-state index in [0.717, 1.165) is 11.3 Å². The highest BCUT2D eigenvalue weighted by atomic mass is 32.2. The molecular formula is C23H24N2O3S2. The molecule has 0 bridgehead atoms. The first kappa shape index (κ1) is 22.1. The van der Waals surface area contributed by atoms with Gasteiger partial charge in [-0.15, -0.1) is 0 Å². The topological polar surface area (TPSA) is 49.9 Å². The van der Waals surface area contributed by atoms with Crippen molar-refractivity contribution in [2.24, 2.45) is 0 Å². The minimum Gasteiger partial charge on any atom is -0.464 e. The zero-order valence-electron chi connectivity index (χ0n) is 17.0. The molecule has 3 rings (SSSR count). The molecule has 1 amide bonds. The van der Waals surface area contributed by atoms with Crippen LogP contribution in [0.25, 0.3) is 0 Å². The van der Waals surface area contributed by atoms with Gasteiger partial charge in [0.1, 0.15) is 10.4 Å². The van der Waals surface area contributed by atoms with Crippen molar-refractivity contribution in [2.45, 2.75) is 26.3 Å². The molecule has 1 aliphatic heterocycles. The molecule has 30 heavy (non-hydrogen) atoms. The van der Waals surface area contributed by atoms with E-state index in [1.807, 2.05) is 72.5 Å². The first-order valence-electron chi connectivity index (χ1n) is 9.84. The fraction of sp³-hybridized carbons (Fsp3) is 0.261. The molecule has 1 fully saturated rings. The molecule has 156 valence electrons. The summed E-state index contributed by atoms with van der Waals surface area (Å²) in [5, 5.41) is 0. The van der Waals surface area contributed by atoms with E-state index in [9.17, 15) is 9.59 Å². The molecule has 0 unspecified atom stereocenters. The maximum Gasteiger partial charge on any atom is 0.329 e. The van der Waals surface area contributed by atoms with Gasteiger partial charge in [0.25, 0.3) is 5.91 Å². The molecule has 0 spiro atoms. The summed E-state index contributed by atoms with van der Waals surface area (Å²) in [5.41, 5.74) is 1.92. The third-order valence-electron chi connectivity index (χ3n) is 4.67. The van der Waals surface area contributed by atoms with Crippen LogP contribution in [-0.4, -0.2) is 40.3 Å². The van der Waals surface area contributed by atoms with Crippen LogP contribution in [0.3, 0.4) is 0 Å². The Kier molecular flexibility index (Phi) is 7.65.